The molecular weight excluding hydrogens is 520 g/mol. The van der Waals surface area contributed by atoms with Gasteiger partial charge in [-0.2, -0.15) is 0 Å². The maximum atomic E-state index is 13.5. The predicted molar refractivity (Wildman–Crippen MR) is 139 cm³/mol. The van der Waals surface area contributed by atoms with Crippen molar-refractivity contribution in [2.75, 3.05) is 13.6 Å². The number of hydrogen-bond donors (Lipinski definition) is 4. The minimum Gasteiger partial charge on any atom is -0.361 e. The number of nitrogens with one attached hydrogen (secondary N) is 4. The normalized spacial score (nSPS) is 12.2. The molecule has 0 aliphatic carbocycles. The molecule has 0 bridgehead atoms. The zero-order valence-electron chi connectivity index (χ0n) is 18.7. The molecule has 32 heavy (non-hydrogen) atoms. The van der Waals surface area contributed by atoms with Crippen LogP contribution in [0.5, 0.6) is 0 Å². The Morgan fingerprint density at radius 1 is 1.16 bits per heavy atom. The van der Waals surface area contributed by atoms with Gasteiger partial charge < -0.3 is 20.9 Å². The number of H-pyrrole nitrogens is 1. The zero-order chi connectivity index (χ0) is 22.2. The highest BCUT2D eigenvalue weighted by molar-refractivity contribution is 14.0. The molecule has 0 radical (unpaired) electrons. The molecule has 1 aromatic heterocycles. The minimum atomic E-state index is -0.234. The Labute approximate surface area is 205 Å². The van der Waals surface area contributed by atoms with Crippen molar-refractivity contribution in [1.82, 2.24) is 20.9 Å². The van der Waals surface area contributed by atoms with Crippen molar-refractivity contribution in [3.05, 3.63) is 71.2 Å². The van der Waals surface area contributed by atoms with E-state index in [9.17, 15) is 9.18 Å². The van der Waals surface area contributed by atoms with E-state index < -0.39 is 0 Å². The number of guanidine groups is 1. The second-order valence-electron chi connectivity index (χ2n) is 7.59. The van der Waals surface area contributed by atoms with Gasteiger partial charge in [-0.1, -0.05) is 19.1 Å². The molecule has 1 heterocycles. The lowest BCUT2D eigenvalue weighted by atomic mass is 10.1. The van der Waals surface area contributed by atoms with Gasteiger partial charge in [0.1, 0.15) is 5.82 Å². The lowest BCUT2D eigenvalue weighted by Gasteiger charge is -2.13. The number of carbonyl (C=O) groups is 1. The number of benzene rings is 2. The molecule has 1 unspecified atom stereocenters. The highest BCUT2D eigenvalue weighted by Crippen LogP contribution is 2.19. The number of halogens is 2. The maximum absolute atomic E-state index is 13.5. The van der Waals surface area contributed by atoms with Gasteiger partial charge in [-0.15, -0.1) is 24.0 Å². The first-order valence-electron chi connectivity index (χ1n) is 10.6. The summed E-state index contributed by atoms with van der Waals surface area (Å²) >= 11 is 0. The summed E-state index contributed by atoms with van der Waals surface area (Å²) in [6, 6.07) is 12.5. The Bertz CT molecular complexity index is 1050. The van der Waals surface area contributed by atoms with Crippen molar-refractivity contribution in [3.63, 3.8) is 0 Å². The van der Waals surface area contributed by atoms with Gasteiger partial charge in [0.05, 0.1) is 0 Å². The molecule has 172 valence electrons. The third-order valence-electron chi connectivity index (χ3n) is 5.31. The first kappa shape index (κ1) is 25.6. The second-order valence-corrected chi connectivity index (χ2v) is 7.59. The van der Waals surface area contributed by atoms with Crippen LogP contribution in [0, 0.1) is 5.82 Å². The summed E-state index contributed by atoms with van der Waals surface area (Å²) < 4.78 is 13.5. The van der Waals surface area contributed by atoms with E-state index in [1.165, 1.54) is 6.07 Å². The molecule has 4 N–H and O–H groups in total. The lowest BCUT2D eigenvalue weighted by Crippen LogP contribution is -2.37. The van der Waals surface area contributed by atoms with Gasteiger partial charge in [0.25, 0.3) is 5.91 Å². The standard InChI is InChI=1S/C24H30FN5O.HI/c1-4-16(2)30-23(31)18-7-5-17(6-8-18)14-29-24(26-3)27-12-11-19-15-28-22-10-9-20(25)13-21(19)22;/h5-10,13,15-16,28H,4,11-12,14H2,1-3H3,(H,30,31)(H2,26,27,29);1H. The van der Waals surface area contributed by atoms with Crippen LogP contribution in [0.1, 0.15) is 41.8 Å². The van der Waals surface area contributed by atoms with Crippen LogP contribution in [-0.4, -0.2) is 36.5 Å². The van der Waals surface area contributed by atoms with E-state index in [0.29, 0.717) is 24.6 Å². The Balaban J connectivity index is 0.00000363. The molecule has 0 saturated heterocycles. The largest absolute Gasteiger partial charge is 0.361 e. The van der Waals surface area contributed by atoms with Gasteiger partial charge in [-0.25, -0.2) is 4.39 Å². The minimum absolute atomic E-state index is 0. The Morgan fingerprint density at radius 2 is 1.91 bits per heavy atom. The molecule has 1 amide bonds. The summed E-state index contributed by atoms with van der Waals surface area (Å²) in [4.78, 5) is 19.6. The van der Waals surface area contributed by atoms with Crippen LogP contribution in [0.2, 0.25) is 0 Å². The van der Waals surface area contributed by atoms with E-state index in [1.807, 2.05) is 44.3 Å². The van der Waals surface area contributed by atoms with Crippen LogP contribution < -0.4 is 16.0 Å². The Hall–Kier alpha value is -2.62. The Morgan fingerprint density at radius 3 is 2.59 bits per heavy atom. The van der Waals surface area contributed by atoms with E-state index in [0.717, 1.165) is 34.9 Å². The summed E-state index contributed by atoms with van der Waals surface area (Å²) in [5.41, 5.74) is 3.70. The molecule has 0 aliphatic rings. The van der Waals surface area contributed by atoms with Gasteiger partial charge in [-0.3, -0.25) is 9.79 Å². The van der Waals surface area contributed by atoms with Gasteiger partial charge in [0.2, 0.25) is 0 Å². The van der Waals surface area contributed by atoms with Crippen LogP contribution in [0.25, 0.3) is 10.9 Å². The fourth-order valence-corrected chi connectivity index (χ4v) is 3.26. The monoisotopic (exact) mass is 551 g/mol. The molecule has 3 rings (SSSR count). The van der Waals surface area contributed by atoms with Crippen molar-refractivity contribution >= 4 is 46.7 Å². The smallest absolute Gasteiger partial charge is 0.251 e. The Kier molecular flexibility index (Phi) is 9.96. The molecule has 8 heteroatoms. The summed E-state index contributed by atoms with van der Waals surface area (Å²) in [7, 11) is 1.72. The fourth-order valence-electron chi connectivity index (χ4n) is 3.26. The molecule has 0 saturated carbocycles. The number of carbonyl (C=O) groups excluding carboxylic acids is 1. The predicted octanol–water partition coefficient (Wildman–Crippen LogP) is 4.36. The average Bonchev–Trinajstić information content (AvgIpc) is 3.18. The summed E-state index contributed by atoms with van der Waals surface area (Å²) in [6.07, 6.45) is 3.56. The van der Waals surface area contributed by atoms with Crippen molar-refractivity contribution in [3.8, 4) is 0 Å². The molecule has 0 fully saturated rings. The summed E-state index contributed by atoms with van der Waals surface area (Å²) in [5, 5.41) is 10.4. The molecule has 2 aromatic carbocycles. The van der Waals surface area contributed by atoms with E-state index in [1.54, 1.807) is 19.2 Å². The molecule has 1 atom stereocenters. The third kappa shape index (κ3) is 6.94. The van der Waals surface area contributed by atoms with Crippen LogP contribution >= 0.6 is 24.0 Å². The number of amides is 1. The number of aromatic nitrogens is 1. The van der Waals surface area contributed by atoms with Gasteiger partial charge in [0, 0.05) is 48.8 Å². The van der Waals surface area contributed by atoms with Crippen LogP contribution in [0.15, 0.2) is 53.7 Å². The second kappa shape index (κ2) is 12.4. The lowest BCUT2D eigenvalue weighted by molar-refractivity contribution is 0.0939. The first-order chi connectivity index (χ1) is 15.0. The topological polar surface area (TPSA) is 81.3 Å². The first-order valence-corrected chi connectivity index (χ1v) is 10.6. The van der Waals surface area contributed by atoms with Crippen LogP contribution in [-0.2, 0) is 13.0 Å². The van der Waals surface area contributed by atoms with E-state index in [4.69, 9.17) is 0 Å². The van der Waals surface area contributed by atoms with Crippen molar-refractivity contribution < 1.29 is 9.18 Å². The number of aliphatic imine (C=N–C) groups is 1. The van der Waals surface area contributed by atoms with Crippen LogP contribution in [0.4, 0.5) is 4.39 Å². The number of fused-ring (bicyclic) bond motifs is 1. The van der Waals surface area contributed by atoms with Crippen LogP contribution in [0.3, 0.4) is 0 Å². The average molecular weight is 551 g/mol. The summed E-state index contributed by atoms with van der Waals surface area (Å²) in [5.74, 6) is 0.398. The molecular formula is C24H31FIN5O. The van der Waals surface area contributed by atoms with E-state index in [2.05, 4.69) is 25.9 Å². The van der Waals surface area contributed by atoms with Gasteiger partial charge >= 0.3 is 0 Å². The maximum Gasteiger partial charge on any atom is 0.251 e. The fraction of sp³-hybridized carbons (Fsp3) is 0.333. The third-order valence-corrected chi connectivity index (χ3v) is 5.31. The molecule has 0 spiro atoms. The molecule has 3 aromatic rings. The highest BCUT2D eigenvalue weighted by Gasteiger charge is 2.09. The number of hydrogen-bond acceptors (Lipinski definition) is 2. The van der Waals surface area contributed by atoms with Gasteiger partial charge in [0.15, 0.2) is 5.96 Å². The van der Waals surface area contributed by atoms with Crippen molar-refractivity contribution in [1.29, 1.82) is 0 Å². The van der Waals surface area contributed by atoms with Crippen molar-refractivity contribution in [2.45, 2.75) is 39.3 Å². The molecule has 6 nitrogen and oxygen atoms in total. The number of rotatable bonds is 8. The quantitative estimate of drug-likeness (QED) is 0.191. The SMILES string of the molecule is CCC(C)NC(=O)c1ccc(CNC(=NC)NCCc2c[nH]c3ccc(F)cc23)cc1.I. The van der Waals surface area contributed by atoms with E-state index >= 15 is 0 Å². The van der Waals surface area contributed by atoms with Crippen molar-refractivity contribution in [2.24, 2.45) is 4.99 Å². The number of nitrogens with zero attached hydrogens (tertiary/aromatic N) is 1. The van der Waals surface area contributed by atoms with Gasteiger partial charge in [-0.05, 0) is 61.2 Å². The van der Waals surface area contributed by atoms with E-state index in [-0.39, 0.29) is 41.7 Å². The zero-order valence-corrected chi connectivity index (χ0v) is 21.0. The highest BCUT2D eigenvalue weighted by atomic mass is 127. The number of aromatic amines is 1. The summed E-state index contributed by atoms with van der Waals surface area (Å²) in [6.45, 7) is 5.29. The molecule has 0 aliphatic heterocycles.